The summed E-state index contributed by atoms with van der Waals surface area (Å²) in [6.45, 7) is -0.485. The van der Waals surface area contributed by atoms with Crippen molar-refractivity contribution in [3.05, 3.63) is 83.8 Å². The maximum absolute atomic E-state index is 13.5. The standard InChI is InChI=1S/C25H17F4N7O2/c26-21(27)14-9-15(22(28)29)17(33-10-14)11-34-24(37)20-23(30)36-19(25-32-6-7-38-25)18(35-20)13-3-4-16-12(8-13)2-1-5-31-16/h1-10,21-22H,11H2,(H2,30,36)(H,34,37). The van der Waals surface area contributed by atoms with Gasteiger partial charge >= 0.3 is 0 Å². The molecule has 5 rings (SSSR count). The molecule has 4 aromatic heterocycles. The summed E-state index contributed by atoms with van der Waals surface area (Å²) in [7, 11) is 0. The van der Waals surface area contributed by atoms with Crippen LogP contribution < -0.4 is 11.1 Å². The SMILES string of the molecule is Nc1nc(-c2ncco2)c(-c2ccc3ncccc3c2)nc1C(=O)NCc1ncc(C(F)F)cc1C(F)F. The lowest BCUT2D eigenvalue weighted by Gasteiger charge is -2.13. The Morgan fingerprint density at radius 3 is 2.55 bits per heavy atom. The fourth-order valence-electron chi connectivity index (χ4n) is 3.76. The third-order valence-corrected chi connectivity index (χ3v) is 5.58. The number of alkyl halides is 4. The van der Waals surface area contributed by atoms with Gasteiger partial charge in [-0.15, -0.1) is 0 Å². The summed E-state index contributed by atoms with van der Waals surface area (Å²) >= 11 is 0. The van der Waals surface area contributed by atoms with Crippen molar-refractivity contribution in [2.75, 3.05) is 5.73 Å². The van der Waals surface area contributed by atoms with Crippen LogP contribution in [0.15, 0.2) is 65.7 Å². The minimum atomic E-state index is -3.08. The van der Waals surface area contributed by atoms with E-state index in [1.807, 2.05) is 6.07 Å². The molecular weight excluding hydrogens is 506 g/mol. The van der Waals surface area contributed by atoms with E-state index >= 15 is 0 Å². The van der Waals surface area contributed by atoms with Crippen molar-refractivity contribution in [1.82, 2.24) is 30.2 Å². The zero-order valence-corrected chi connectivity index (χ0v) is 19.3. The summed E-state index contributed by atoms with van der Waals surface area (Å²) in [4.78, 5) is 33.8. The Kier molecular flexibility index (Phi) is 6.64. The van der Waals surface area contributed by atoms with Gasteiger partial charge in [-0.2, -0.15) is 0 Å². The zero-order valence-electron chi connectivity index (χ0n) is 19.3. The lowest BCUT2D eigenvalue weighted by atomic mass is 10.1. The minimum absolute atomic E-state index is 0.113. The summed E-state index contributed by atoms with van der Waals surface area (Å²) in [5, 5.41) is 3.21. The molecule has 0 saturated heterocycles. The molecule has 13 heteroatoms. The van der Waals surface area contributed by atoms with Crippen molar-refractivity contribution >= 4 is 22.6 Å². The second kappa shape index (κ2) is 10.2. The molecule has 1 aromatic carbocycles. The van der Waals surface area contributed by atoms with Gasteiger partial charge in [-0.3, -0.25) is 14.8 Å². The normalized spacial score (nSPS) is 11.4. The quantitative estimate of drug-likeness (QED) is 0.281. The molecule has 38 heavy (non-hydrogen) atoms. The van der Waals surface area contributed by atoms with Crippen LogP contribution in [0.4, 0.5) is 23.4 Å². The Balaban J connectivity index is 1.51. The maximum Gasteiger partial charge on any atom is 0.274 e. The highest BCUT2D eigenvalue weighted by Crippen LogP contribution is 2.32. The molecule has 0 unspecified atom stereocenters. The molecule has 4 heterocycles. The number of hydrogen-bond donors (Lipinski definition) is 2. The number of rotatable bonds is 7. The lowest BCUT2D eigenvalue weighted by Crippen LogP contribution is -2.27. The number of anilines is 1. The number of nitrogens with zero attached hydrogens (tertiary/aromatic N) is 5. The number of oxazole rings is 1. The predicted octanol–water partition coefficient (Wildman–Crippen LogP) is 5.13. The molecule has 0 saturated carbocycles. The number of hydrogen-bond acceptors (Lipinski definition) is 8. The number of benzene rings is 1. The molecule has 0 bridgehead atoms. The van der Waals surface area contributed by atoms with Crippen LogP contribution in [-0.4, -0.2) is 30.8 Å². The van der Waals surface area contributed by atoms with Crippen molar-refractivity contribution in [3.8, 4) is 22.8 Å². The van der Waals surface area contributed by atoms with Gasteiger partial charge in [-0.05, 0) is 24.3 Å². The molecule has 5 aromatic rings. The van der Waals surface area contributed by atoms with Crippen LogP contribution in [-0.2, 0) is 6.54 Å². The highest BCUT2D eigenvalue weighted by atomic mass is 19.3. The van der Waals surface area contributed by atoms with E-state index in [0.29, 0.717) is 11.6 Å². The van der Waals surface area contributed by atoms with Crippen LogP contribution in [0.3, 0.4) is 0 Å². The monoisotopic (exact) mass is 523 g/mol. The van der Waals surface area contributed by atoms with Crippen molar-refractivity contribution in [2.45, 2.75) is 19.4 Å². The van der Waals surface area contributed by atoms with E-state index in [4.69, 9.17) is 10.2 Å². The molecule has 0 radical (unpaired) electrons. The highest BCUT2D eigenvalue weighted by Gasteiger charge is 2.24. The van der Waals surface area contributed by atoms with Crippen molar-refractivity contribution < 1.29 is 26.8 Å². The van der Waals surface area contributed by atoms with Crippen molar-refractivity contribution in [3.63, 3.8) is 0 Å². The van der Waals surface area contributed by atoms with Gasteiger partial charge in [0.15, 0.2) is 17.2 Å². The Morgan fingerprint density at radius 2 is 1.82 bits per heavy atom. The van der Waals surface area contributed by atoms with E-state index < -0.39 is 36.4 Å². The predicted molar refractivity (Wildman–Crippen MR) is 128 cm³/mol. The summed E-state index contributed by atoms with van der Waals surface area (Å²) in [6, 6.07) is 9.57. The summed E-state index contributed by atoms with van der Waals surface area (Å²) in [6.07, 6.45) is -0.855. The van der Waals surface area contributed by atoms with Crippen molar-refractivity contribution in [1.29, 1.82) is 0 Å². The number of carbonyl (C=O) groups excluding carboxylic acids is 1. The molecule has 1 amide bonds. The van der Waals surface area contributed by atoms with E-state index in [0.717, 1.165) is 17.1 Å². The molecule has 0 fully saturated rings. The zero-order chi connectivity index (χ0) is 26.8. The number of carbonyl (C=O) groups is 1. The van der Waals surface area contributed by atoms with E-state index in [1.54, 1.807) is 30.5 Å². The third kappa shape index (κ3) is 4.85. The van der Waals surface area contributed by atoms with Crippen LogP contribution >= 0.6 is 0 Å². The molecule has 9 nitrogen and oxygen atoms in total. The fourth-order valence-corrected chi connectivity index (χ4v) is 3.76. The Morgan fingerprint density at radius 1 is 0.974 bits per heavy atom. The fraction of sp³-hybridized carbons (Fsp3) is 0.120. The second-order valence-electron chi connectivity index (χ2n) is 7.99. The van der Waals surface area contributed by atoms with Crippen LogP contribution in [0.1, 0.15) is 40.2 Å². The molecule has 0 aliphatic heterocycles. The molecule has 0 aliphatic carbocycles. The van der Waals surface area contributed by atoms with Gasteiger partial charge in [-0.25, -0.2) is 32.5 Å². The summed E-state index contributed by atoms with van der Waals surface area (Å²) in [5.74, 6) is -0.989. The Hall–Kier alpha value is -4.94. The first-order chi connectivity index (χ1) is 18.3. The molecule has 0 atom stereocenters. The molecule has 0 spiro atoms. The molecule has 3 N–H and O–H groups in total. The van der Waals surface area contributed by atoms with Crippen LogP contribution in [0.25, 0.3) is 33.7 Å². The third-order valence-electron chi connectivity index (χ3n) is 5.58. The van der Waals surface area contributed by atoms with Crippen molar-refractivity contribution in [2.24, 2.45) is 0 Å². The van der Waals surface area contributed by atoms with Crippen LogP contribution in [0.5, 0.6) is 0 Å². The Bertz CT molecular complexity index is 1630. The van der Waals surface area contributed by atoms with Gasteiger partial charge in [0.05, 0.1) is 24.0 Å². The van der Waals surface area contributed by atoms with E-state index in [9.17, 15) is 22.4 Å². The van der Waals surface area contributed by atoms with E-state index in [2.05, 4.69) is 30.2 Å². The number of amides is 1. The number of halogens is 4. The summed E-state index contributed by atoms with van der Waals surface area (Å²) in [5.41, 5.74) is 5.80. The molecular formula is C25H17F4N7O2. The number of nitrogens with one attached hydrogen (secondary N) is 1. The number of aromatic nitrogens is 5. The van der Waals surface area contributed by atoms with Gasteiger partial charge < -0.3 is 15.5 Å². The second-order valence-corrected chi connectivity index (χ2v) is 7.99. The van der Waals surface area contributed by atoms with Gasteiger partial charge in [-0.1, -0.05) is 12.1 Å². The average molecular weight is 523 g/mol. The molecule has 0 aliphatic rings. The smallest absolute Gasteiger partial charge is 0.274 e. The van der Waals surface area contributed by atoms with Gasteiger partial charge in [0.25, 0.3) is 18.8 Å². The van der Waals surface area contributed by atoms with Gasteiger partial charge in [0, 0.05) is 34.5 Å². The first-order valence-corrected chi connectivity index (χ1v) is 11.1. The number of fused-ring (bicyclic) bond motifs is 1. The maximum atomic E-state index is 13.5. The van der Waals surface area contributed by atoms with Gasteiger partial charge in [0.1, 0.15) is 12.0 Å². The first kappa shape index (κ1) is 24.7. The van der Waals surface area contributed by atoms with Gasteiger partial charge in [0.2, 0.25) is 5.89 Å². The topological polar surface area (TPSA) is 133 Å². The number of pyridine rings is 2. The van der Waals surface area contributed by atoms with Crippen LogP contribution in [0, 0.1) is 0 Å². The summed E-state index contributed by atoms with van der Waals surface area (Å²) < 4.78 is 58.1. The molecule has 192 valence electrons. The lowest BCUT2D eigenvalue weighted by molar-refractivity contribution is 0.0944. The average Bonchev–Trinajstić information content (AvgIpc) is 3.46. The number of nitrogen functional groups attached to an aromatic ring is 1. The first-order valence-electron chi connectivity index (χ1n) is 11.1. The van der Waals surface area contributed by atoms with E-state index in [1.165, 1.54) is 12.5 Å². The number of nitrogens with two attached hydrogens (primary N) is 1. The van der Waals surface area contributed by atoms with E-state index in [-0.39, 0.29) is 34.5 Å². The Labute approximate surface area is 211 Å². The highest BCUT2D eigenvalue weighted by molar-refractivity contribution is 5.98. The minimum Gasteiger partial charge on any atom is -0.443 e. The largest absolute Gasteiger partial charge is 0.443 e. The van der Waals surface area contributed by atoms with Crippen LogP contribution in [0.2, 0.25) is 0 Å².